The van der Waals surface area contributed by atoms with Gasteiger partial charge >= 0.3 is 6.09 Å². The summed E-state index contributed by atoms with van der Waals surface area (Å²) in [7, 11) is -4.90. The predicted octanol–water partition coefficient (Wildman–Crippen LogP) is 1.78. The third-order valence-electron chi connectivity index (χ3n) is 5.48. The van der Waals surface area contributed by atoms with Gasteiger partial charge in [0.25, 0.3) is 10.1 Å². The van der Waals surface area contributed by atoms with Gasteiger partial charge in [-0.05, 0) is 37.2 Å². The molecule has 2 amide bonds. The Balaban J connectivity index is 2.08. The van der Waals surface area contributed by atoms with Gasteiger partial charge in [-0.2, -0.15) is 8.42 Å². The monoisotopic (exact) mass is 484 g/mol. The molecule has 1 aromatic carbocycles. The second kappa shape index (κ2) is 12.1. The molecule has 1 unspecified atom stereocenters. The van der Waals surface area contributed by atoms with Crippen molar-refractivity contribution in [1.82, 2.24) is 10.6 Å². The minimum atomic E-state index is -4.90. The highest BCUT2D eigenvalue weighted by Gasteiger charge is 2.37. The summed E-state index contributed by atoms with van der Waals surface area (Å²) in [6, 6.07) is 6.46. The lowest BCUT2D eigenvalue weighted by Gasteiger charge is -2.27. The van der Waals surface area contributed by atoms with Crippen LogP contribution in [0, 0.1) is 11.8 Å². The number of nitrogens with one attached hydrogen (secondary N) is 2. The number of hydrogen-bond donors (Lipinski definition) is 4. The second-order valence-corrected chi connectivity index (χ2v) is 10.2. The number of ether oxygens (including phenoxy) is 1. The van der Waals surface area contributed by atoms with Crippen LogP contribution in [0.5, 0.6) is 0 Å². The molecule has 2 rings (SSSR count). The molecule has 0 bridgehead atoms. The van der Waals surface area contributed by atoms with Crippen LogP contribution in [0.25, 0.3) is 0 Å². The first-order valence-corrected chi connectivity index (χ1v) is 12.4. The van der Waals surface area contributed by atoms with Crippen molar-refractivity contribution in [2.24, 2.45) is 11.8 Å². The first kappa shape index (κ1) is 26.7. The first-order chi connectivity index (χ1) is 15.5. The molecule has 11 heteroatoms. The quantitative estimate of drug-likeness (QED) is 0.346. The Kier molecular flexibility index (Phi) is 9.81. The Bertz CT molecular complexity index is 920. The number of rotatable bonds is 11. The number of benzene rings is 1. The van der Waals surface area contributed by atoms with E-state index in [0.717, 1.165) is 5.56 Å². The first-order valence-electron chi connectivity index (χ1n) is 10.9. The Morgan fingerprint density at radius 2 is 1.85 bits per heavy atom. The number of ketones is 1. The fourth-order valence-electron chi connectivity index (χ4n) is 3.79. The Hall–Kier alpha value is -2.50. The molecule has 4 atom stereocenters. The molecule has 10 nitrogen and oxygen atoms in total. The average molecular weight is 485 g/mol. The highest BCUT2D eigenvalue weighted by molar-refractivity contribution is 7.86. The van der Waals surface area contributed by atoms with Crippen molar-refractivity contribution >= 4 is 27.9 Å². The van der Waals surface area contributed by atoms with E-state index >= 15 is 0 Å². The summed E-state index contributed by atoms with van der Waals surface area (Å²) in [5.74, 6) is -1.38. The predicted molar refractivity (Wildman–Crippen MR) is 119 cm³/mol. The third kappa shape index (κ3) is 8.75. The molecule has 0 heterocycles. The van der Waals surface area contributed by atoms with Crippen molar-refractivity contribution in [2.45, 2.75) is 70.1 Å². The smallest absolute Gasteiger partial charge is 0.408 e. The average Bonchev–Trinajstić information content (AvgIpc) is 3.14. The van der Waals surface area contributed by atoms with Crippen LogP contribution in [-0.2, 0) is 31.1 Å². The minimum Gasteiger partial charge on any atom is -0.445 e. The van der Waals surface area contributed by atoms with Gasteiger partial charge in [-0.25, -0.2) is 4.79 Å². The van der Waals surface area contributed by atoms with Crippen LogP contribution >= 0.6 is 0 Å². The molecule has 4 N–H and O–H groups in total. The lowest BCUT2D eigenvalue weighted by molar-refractivity contribution is -0.126. The summed E-state index contributed by atoms with van der Waals surface area (Å²) in [6.07, 6.45) is 0.720. The Morgan fingerprint density at radius 3 is 2.39 bits per heavy atom. The lowest BCUT2D eigenvalue weighted by atomic mass is 9.97. The molecule has 0 radical (unpaired) electrons. The molecular weight excluding hydrogens is 452 g/mol. The van der Waals surface area contributed by atoms with E-state index < -0.39 is 45.6 Å². The van der Waals surface area contributed by atoms with Crippen LogP contribution in [0.15, 0.2) is 30.3 Å². The summed E-state index contributed by atoms with van der Waals surface area (Å²) in [6.45, 7) is 3.66. The van der Waals surface area contributed by atoms with Crippen molar-refractivity contribution in [3.05, 3.63) is 35.9 Å². The number of aliphatic hydroxyl groups is 1. The van der Waals surface area contributed by atoms with Crippen LogP contribution in [0.2, 0.25) is 0 Å². The summed E-state index contributed by atoms with van der Waals surface area (Å²) in [5, 5.41) is 15.0. The molecular formula is C22H32N2O8S. The van der Waals surface area contributed by atoms with E-state index in [0.29, 0.717) is 19.3 Å². The van der Waals surface area contributed by atoms with E-state index in [1.165, 1.54) is 0 Å². The number of amides is 2. The molecule has 0 aromatic heterocycles. The number of carbonyl (C=O) groups excluding carboxylic acids is 3. The summed E-state index contributed by atoms with van der Waals surface area (Å²) >= 11 is 0. The Labute approximate surface area is 193 Å². The highest BCUT2D eigenvalue weighted by atomic mass is 32.2. The molecule has 0 saturated heterocycles. The molecule has 1 saturated carbocycles. The topological polar surface area (TPSA) is 159 Å². The van der Waals surface area contributed by atoms with E-state index in [2.05, 4.69) is 10.6 Å². The summed E-state index contributed by atoms with van der Waals surface area (Å²) < 4.78 is 37.5. The molecule has 0 aliphatic heterocycles. The SMILES string of the molecule is CC(C)C[C@H](NC(=O)OCc1ccccc1)C(=O)N[C@@H](C[C@@H]1CCCC1=O)C(O)S(=O)(=O)O. The van der Waals surface area contributed by atoms with Gasteiger partial charge in [-0.3, -0.25) is 14.1 Å². The second-order valence-electron chi connectivity index (χ2n) is 8.70. The van der Waals surface area contributed by atoms with Crippen LogP contribution in [-0.4, -0.2) is 53.4 Å². The zero-order valence-corrected chi connectivity index (χ0v) is 19.6. The molecule has 33 heavy (non-hydrogen) atoms. The maximum Gasteiger partial charge on any atom is 0.408 e. The van der Waals surface area contributed by atoms with Gasteiger partial charge in [-0.15, -0.1) is 0 Å². The zero-order chi connectivity index (χ0) is 24.6. The van der Waals surface area contributed by atoms with Crippen LogP contribution < -0.4 is 10.6 Å². The van der Waals surface area contributed by atoms with Crippen molar-refractivity contribution in [3.63, 3.8) is 0 Å². The van der Waals surface area contributed by atoms with Gasteiger partial charge in [0, 0.05) is 12.3 Å². The van der Waals surface area contributed by atoms with Gasteiger partial charge in [0.2, 0.25) is 11.3 Å². The van der Waals surface area contributed by atoms with E-state index in [1.54, 1.807) is 24.3 Å². The molecule has 0 spiro atoms. The molecule has 1 aromatic rings. The van der Waals surface area contributed by atoms with Gasteiger partial charge in [0.1, 0.15) is 18.4 Å². The molecule has 1 fully saturated rings. The molecule has 184 valence electrons. The minimum absolute atomic E-state index is 0.00340. The van der Waals surface area contributed by atoms with Crippen molar-refractivity contribution in [3.8, 4) is 0 Å². The van der Waals surface area contributed by atoms with Gasteiger partial charge in [0.05, 0.1) is 6.04 Å². The number of Topliss-reactive ketones (excluding diaryl/α,β-unsaturated/α-hetero) is 1. The largest absolute Gasteiger partial charge is 0.445 e. The maximum absolute atomic E-state index is 12.9. The van der Waals surface area contributed by atoms with Crippen LogP contribution in [0.1, 0.15) is 51.5 Å². The summed E-state index contributed by atoms with van der Waals surface area (Å²) in [5.41, 5.74) is -1.55. The molecule has 1 aliphatic carbocycles. The van der Waals surface area contributed by atoms with Crippen molar-refractivity contribution < 1.29 is 37.2 Å². The maximum atomic E-state index is 12.9. The zero-order valence-electron chi connectivity index (χ0n) is 18.8. The van der Waals surface area contributed by atoms with E-state index in [4.69, 9.17) is 4.74 Å². The van der Waals surface area contributed by atoms with Gasteiger partial charge < -0.3 is 20.5 Å². The number of hydrogen-bond acceptors (Lipinski definition) is 7. The highest BCUT2D eigenvalue weighted by Crippen LogP contribution is 2.27. The normalized spacial score (nSPS) is 19.1. The standard InChI is InChI=1S/C22H32N2O8S/c1-14(2)11-17(24-22(28)32-13-15-7-4-3-5-8-15)20(26)23-18(21(27)33(29,30)31)12-16-9-6-10-19(16)25/h3-5,7-8,14,16-18,21,27H,6,9-13H2,1-2H3,(H,23,26)(H,24,28)(H,29,30,31)/t16-,17-,18-,21?/m0/s1. The van der Waals surface area contributed by atoms with Crippen LogP contribution in [0.4, 0.5) is 4.79 Å². The van der Waals surface area contributed by atoms with Crippen LogP contribution in [0.3, 0.4) is 0 Å². The van der Waals surface area contributed by atoms with Gasteiger partial charge in [0.15, 0.2) is 0 Å². The molecule has 1 aliphatic rings. The summed E-state index contributed by atoms with van der Waals surface area (Å²) in [4.78, 5) is 37.2. The number of carbonyl (C=O) groups is 3. The lowest BCUT2D eigenvalue weighted by Crippen LogP contribution is -2.54. The Morgan fingerprint density at radius 1 is 1.18 bits per heavy atom. The van der Waals surface area contributed by atoms with E-state index in [1.807, 2.05) is 19.9 Å². The van der Waals surface area contributed by atoms with E-state index in [9.17, 15) is 32.5 Å². The fourth-order valence-corrected chi connectivity index (χ4v) is 4.39. The number of alkyl carbamates (subject to hydrolysis) is 1. The van der Waals surface area contributed by atoms with Crippen molar-refractivity contribution in [2.75, 3.05) is 0 Å². The fraction of sp³-hybridized carbons (Fsp3) is 0.591. The van der Waals surface area contributed by atoms with Crippen molar-refractivity contribution in [1.29, 1.82) is 0 Å². The van der Waals surface area contributed by atoms with Gasteiger partial charge in [-0.1, -0.05) is 44.2 Å². The third-order valence-corrected chi connectivity index (χ3v) is 6.41. The number of aliphatic hydroxyl groups excluding tert-OH is 1. The van der Waals surface area contributed by atoms with E-state index in [-0.39, 0.29) is 31.1 Å².